The molecule has 4 heterocycles. The highest BCUT2D eigenvalue weighted by molar-refractivity contribution is 5.94. The van der Waals surface area contributed by atoms with Gasteiger partial charge < -0.3 is 19.9 Å². The van der Waals surface area contributed by atoms with Crippen molar-refractivity contribution in [2.45, 2.75) is 32.7 Å². The van der Waals surface area contributed by atoms with E-state index in [0.717, 1.165) is 55.0 Å². The summed E-state index contributed by atoms with van der Waals surface area (Å²) in [5.41, 5.74) is 1.40. The maximum absolute atomic E-state index is 14.1. The zero-order valence-corrected chi connectivity index (χ0v) is 19.1. The molecule has 1 aromatic carbocycles. The molecule has 2 aliphatic heterocycles. The Morgan fingerprint density at radius 1 is 1.15 bits per heavy atom. The number of rotatable bonds is 5. The molecule has 2 aromatic heterocycles. The van der Waals surface area contributed by atoms with E-state index in [4.69, 9.17) is 9.72 Å². The van der Waals surface area contributed by atoms with Crippen LogP contribution in [0, 0.1) is 6.92 Å². The number of pyridine rings is 1. The Kier molecular flexibility index (Phi) is 5.52. The highest BCUT2D eigenvalue weighted by Crippen LogP contribution is 2.45. The number of alkyl halides is 2. The van der Waals surface area contributed by atoms with Crippen LogP contribution < -0.4 is 15.0 Å². The first-order chi connectivity index (χ1) is 15.9. The monoisotopic (exact) mass is 454 g/mol. The van der Waals surface area contributed by atoms with Gasteiger partial charge in [-0.3, -0.25) is 0 Å². The molecule has 0 aliphatic carbocycles. The zero-order chi connectivity index (χ0) is 23.2. The van der Waals surface area contributed by atoms with Crippen LogP contribution in [0.3, 0.4) is 0 Å². The minimum atomic E-state index is -2.97. The second-order valence-electron chi connectivity index (χ2n) is 8.73. The molecule has 1 N–H and O–H groups in total. The molecule has 0 amide bonds. The first-order valence-electron chi connectivity index (χ1n) is 11.4. The van der Waals surface area contributed by atoms with Gasteiger partial charge in [-0.15, -0.1) is 5.10 Å². The molecular weight excluding hydrogens is 426 g/mol. The van der Waals surface area contributed by atoms with E-state index in [9.17, 15) is 8.78 Å². The number of nitrogens with one attached hydrogen (secondary N) is 1. The van der Waals surface area contributed by atoms with Gasteiger partial charge in [-0.05, 0) is 32.5 Å². The van der Waals surface area contributed by atoms with Crippen LogP contribution in [-0.2, 0) is 5.92 Å². The van der Waals surface area contributed by atoms with Gasteiger partial charge in [0, 0.05) is 48.7 Å². The van der Waals surface area contributed by atoms with Crippen molar-refractivity contribution in [3.63, 3.8) is 0 Å². The van der Waals surface area contributed by atoms with Gasteiger partial charge >= 0.3 is 5.92 Å². The van der Waals surface area contributed by atoms with Crippen molar-refractivity contribution in [1.82, 2.24) is 20.1 Å². The van der Waals surface area contributed by atoms with E-state index < -0.39 is 12.5 Å². The average molecular weight is 455 g/mol. The van der Waals surface area contributed by atoms with Crippen LogP contribution >= 0.6 is 0 Å². The lowest BCUT2D eigenvalue weighted by Gasteiger charge is -2.34. The lowest BCUT2D eigenvalue weighted by Crippen LogP contribution is -2.46. The fraction of sp³-hybridized carbons (Fsp3) is 0.458. The molecular formula is C24H28F2N6O. The van der Waals surface area contributed by atoms with Crippen LogP contribution in [0.1, 0.15) is 36.7 Å². The number of aryl methyl sites for hydroxylation is 1. The number of ether oxygens (including phenoxy) is 1. The van der Waals surface area contributed by atoms with Gasteiger partial charge in [-0.1, -0.05) is 19.1 Å². The van der Waals surface area contributed by atoms with Gasteiger partial charge in [-0.25, -0.2) is 4.98 Å². The number of likely N-dealkylation sites (N-methyl/N-ethyl adjacent to an activating group) is 1. The topological polar surface area (TPSA) is 66.4 Å². The van der Waals surface area contributed by atoms with E-state index in [2.05, 4.69) is 32.2 Å². The van der Waals surface area contributed by atoms with Crippen molar-refractivity contribution in [3.05, 3.63) is 47.3 Å². The van der Waals surface area contributed by atoms with Crippen LogP contribution in [0.5, 0.6) is 5.75 Å². The van der Waals surface area contributed by atoms with Crippen LogP contribution in [0.25, 0.3) is 10.8 Å². The number of aromatic nitrogens is 3. The summed E-state index contributed by atoms with van der Waals surface area (Å²) in [6, 6.07) is 6.62. The van der Waals surface area contributed by atoms with Gasteiger partial charge in [0.25, 0.3) is 0 Å². The van der Waals surface area contributed by atoms with E-state index in [1.165, 1.54) is 6.07 Å². The second kappa shape index (κ2) is 8.37. The highest BCUT2D eigenvalue weighted by atomic mass is 19.3. The standard InChI is InChI=1S/C24H28F2N6O/c1-4-31-8-10-32(11-9-31)21-12-18-19(13-27-21)16(3)29-30-23(18)28-15(2)17-6-5-7-20-22(17)33-14-24(20,25)26/h5-7,12-13,15H,4,8-11,14H2,1-3H3,(H,28,30)/t15-/m1/s1. The lowest BCUT2D eigenvalue weighted by atomic mass is 10.0. The molecule has 1 saturated heterocycles. The van der Waals surface area contributed by atoms with Crippen molar-refractivity contribution in [1.29, 1.82) is 0 Å². The van der Waals surface area contributed by atoms with E-state index in [1.54, 1.807) is 6.07 Å². The third kappa shape index (κ3) is 3.94. The number of piperazine rings is 1. The molecule has 0 saturated carbocycles. The van der Waals surface area contributed by atoms with Crippen LogP contribution in [0.4, 0.5) is 20.4 Å². The molecule has 33 heavy (non-hydrogen) atoms. The Morgan fingerprint density at radius 2 is 1.94 bits per heavy atom. The Morgan fingerprint density at radius 3 is 2.70 bits per heavy atom. The number of anilines is 2. The van der Waals surface area contributed by atoms with Crippen LogP contribution in [0.2, 0.25) is 0 Å². The fourth-order valence-electron chi connectivity index (χ4n) is 4.60. The van der Waals surface area contributed by atoms with Gasteiger partial charge in [0.1, 0.15) is 11.6 Å². The van der Waals surface area contributed by atoms with E-state index >= 15 is 0 Å². The predicted molar refractivity (Wildman–Crippen MR) is 124 cm³/mol. The summed E-state index contributed by atoms with van der Waals surface area (Å²) in [6.45, 7) is 10.3. The van der Waals surface area contributed by atoms with Crippen molar-refractivity contribution in [2.75, 3.05) is 49.5 Å². The van der Waals surface area contributed by atoms with Gasteiger partial charge in [0.15, 0.2) is 12.4 Å². The first-order valence-corrected chi connectivity index (χ1v) is 11.4. The minimum absolute atomic E-state index is 0.0637. The van der Waals surface area contributed by atoms with Gasteiger partial charge in [-0.2, -0.15) is 13.9 Å². The minimum Gasteiger partial charge on any atom is -0.486 e. The molecule has 9 heteroatoms. The number of nitrogens with zero attached hydrogens (tertiary/aromatic N) is 5. The van der Waals surface area contributed by atoms with Crippen molar-refractivity contribution in [2.24, 2.45) is 0 Å². The number of hydrogen-bond acceptors (Lipinski definition) is 7. The molecule has 5 rings (SSSR count). The Hall–Kier alpha value is -3.07. The summed E-state index contributed by atoms with van der Waals surface area (Å²) >= 11 is 0. The molecule has 3 aromatic rings. The lowest BCUT2D eigenvalue weighted by molar-refractivity contribution is -0.0214. The Balaban J connectivity index is 1.46. The molecule has 0 spiro atoms. The van der Waals surface area contributed by atoms with E-state index in [1.807, 2.05) is 32.2 Å². The summed E-state index contributed by atoms with van der Waals surface area (Å²) in [5.74, 6) is -1.21. The number of halogens is 2. The van der Waals surface area contributed by atoms with Gasteiger partial charge in [0.2, 0.25) is 0 Å². The third-order valence-corrected chi connectivity index (χ3v) is 6.63. The Bertz CT molecular complexity index is 1180. The summed E-state index contributed by atoms with van der Waals surface area (Å²) in [6.07, 6.45) is 1.85. The number of para-hydroxylation sites is 1. The number of fused-ring (bicyclic) bond motifs is 2. The van der Waals surface area contributed by atoms with Crippen molar-refractivity contribution in [3.8, 4) is 5.75 Å². The quantitative estimate of drug-likeness (QED) is 0.622. The molecule has 1 atom stereocenters. The van der Waals surface area contributed by atoms with Crippen LogP contribution in [0.15, 0.2) is 30.5 Å². The molecule has 0 radical (unpaired) electrons. The first kappa shape index (κ1) is 21.8. The number of benzene rings is 1. The largest absolute Gasteiger partial charge is 0.486 e. The van der Waals surface area contributed by atoms with E-state index in [-0.39, 0.29) is 17.4 Å². The molecule has 1 fully saturated rings. The zero-order valence-electron chi connectivity index (χ0n) is 19.1. The molecule has 0 bridgehead atoms. The molecule has 0 unspecified atom stereocenters. The van der Waals surface area contributed by atoms with Crippen molar-refractivity contribution >= 4 is 22.4 Å². The molecule has 174 valence electrons. The maximum Gasteiger partial charge on any atom is 0.310 e. The van der Waals surface area contributed by atoms with Crippen LogP contribution in [-0.4, -0.2) is 59.4 Å². The molecule has 7 nitrogen and oxygen atoms in total. The molecule has 2 aliphatic rings. The smallest absolute Gasteiger partial charge is 0.310 e. The Labute approximate surface area is 191 Å². The maximum atomic E-state index is 14.1. The predicted octanol–water partition coefficient (Wildman–Crippen LogP) is 4.13. The average Bonchev–Trinajstić information content (AvgIpc) is 3.15. The second-order valence-corrected chi connectivity index (χ2v) is 8.73. The van der Waals surface area contributed by atoms with Crippen molar-refractivity contribution < 1.29 is 13.5 Å². The summed E-state index contributed by atoms with van der Waals surface area (Å²) in [7, 11) is 0. The highest BCUT2D eigenvalue weighted by Gasteiger charge is 2.42. The summed E-state index contributed by atoms with van der Waals surface area (Å²) < 4.78 is 33.7. The summed E-state index contributed by atoms with van der Waals surface area (Å²) in [4.78, 5) is 9.40. The van der Waals surface area contributed by atoms with E-state index in [0.29, 0.717) is 11.4 Å². The number of hydrogen-bond donors (Lipinski definition) is 1. The third-order valence-electron chi connectivity index (χ3n) is 6.63. The fourth-order valence-corrected chi connectivity index (χ4v) is 4.60. The SMILES string of the molecule is CCN1CCN(c2cc3c(N[C@H](C)c4cccc5c4OCC5(F)F)nnc(C)c3cn2)CC1. The normalized spacial score (nSPS) is 18.8. The summed E-state index contributed by atoms with van der Waals surface area (Å²) in [5, 5.41) is 13.9. The van der Waals surface area contributed by atoms with Gasteiger partial charge in [0.05, 0.1) is 17.3 Å².